The van der Waals surface area contributed by atoms with Crippen LogP contribution in [0.1, 0.15) is 49.6 Å². The van der Waals surface area contributed by atoms with E-state index in [2.05, 4.69) is 10.3 Å². The number of benzene rings is 4. The van der Waals surface area contributed by atoms with Crippen LogP contribution in [0.5, 0.6) is 11.5 Å². The van der Waals surface area contributed by atoms with E-state index in [-0.39, 0.29) is 29.1 Å². The van der Waals surface area contributed by atoms with Crippen LogP contribution in [0.2, 0.25) is 0 Å². The summed E-state index contributed by atoms with van der Waals surface area (Å²) < 4.78 is 75.1. The first-order valence-electron chi connectivity index (χ1n) is 20.8. The molecule has 0 spiro atoms. The molecule has 7 atom stereocenters. The minimum Gasteiger partial charge on any atom is -0.497 e. The summed E-state index contributed by atoms with van der Waals surface area (Å²) in [4.78, 5) is 42.8. The van der Waals surface area contributed by atoms with Gasteiger partial charge in [0.15, 0.2) is 22.2 Å². The second-order valence-electron chi connectivity index (χ2n) is 15.6. The van der Waals surface area contributed by atoms with Gasteiger partial charge in [-0.1, -0.05) is 72.8 Å². The number of methoxy groups -OCH3 is 2. The predicted molar refractivity (Wildman–Crippen MR) is 235 cm³/mol. The lowest BCUT2D eigenvalue weighted by atomic mass is 9.80. The van der Waals surface area contributed by atoms with Crippen LogP contribution in [0.3, 0.4) is 0 Å². The topological polar surface area (TPSA) is 183 Å². The van der Waals surface area contributed by atoms with E-state index in [9.17, 15) is 22.8 Å². The number of rotatable bonds is 16. The van der Waals surface area contributed by atoms with Gasteiger partial charge in [0.2, 0.25) is 5.91 Å². The zero-order valence-corrected chi connectivity index (χ0v) is 37.4. The summed E-state index contributed by atoms with van der Waals surface area (Å²) in [5, 5.41) is 2.51. The molecule has 64 heavy (non-hydrogen) atoms. The van der Waals surface area contributed by atoms with Crippen molar-refractivity contribution < 1.29 is 50.7 Å². The fourth-order valence-electron chi connectivity index (χ4n) is 8.52. The quantitative estimate of drug-likeness (QED) is 0.0691. The fourth-order valence-corrected chi connectivity index (χ4v) is 12.1. The maximum absolute atomic E-state index is 13.7. The molecule has 0 bridgehead atoms. The average molecular weight is 913 g/mol. The molecule has 3 fully saturated rings. The van der Waals surface area contributed by atoms with Gasteiger partial charge in [-0.25, -0.2) is 17.9 Å². The number of carbonyl (C=O) groups is 2. The van der Waals surface area contributed by atoms with Gasteiger partial charge in [0, 0.05) is 32.6 Å². The van der Waals surface area contributed by atoms with Gasteiger partial charge in [-0.3, -0.25) is 14.2 Å². The monoisotopic (exact) mass is 912 g/mol. The fraction of sp³-hybridized carbons (Fsp3) is 0.348. The van der Waals surface area contributed by atoms with Crippen molar-refractivity contribution in [2.45, 2.75) is 73.9 Å². The molecule has 1 aromatic heterocycles. The van der Waals surface area contributed by atoms with Gasteiger partial charge in [0.05, 0.1) is 37.6 Å². The maximum atomic E-state index is 13.7. The molecule has 1 amide bonds. The van der Waals surface area contributed by atoms with E-state index in [1.165, 1.54) is 30.7 Å². The Morgan fingerprint density at radius 3 is 2.02 bits per heavy atom. The van der Waals surface area contributed by atoms with E-state index >= 15 is 0 Å². The second kappa shape index (κ2) is 19.3. The van der Waals surface area contributed by atoms with Gasteiger partial charge in [0.25, 0.3) is 8.53 Å². The first kappa shape index (κ1) is 45.1. The van der Waals surface area contributed by atoms with Crippen LogP contribution in [0, 0.1) is 0 Å². The summed E-state index contributed by atoms with van der Waals surface area (Å²) in [6, 6.07) is 34.1. The number of anilines is 1. The van der Waals surface area contributed by atoms with Crippen LogP contribution in [0.4, 0.5) is 5.82 Å². The molecule has 4 heterocycles. The Labute approximate surface area is 372 Å². The van der Waals surface area contributed by atoms with E-state index in [1.807, 2.05) is 83.5 Å². The third kappa shape index (κ3) is 9.33. The summed E-state index contributed by atoms with van der Waals surface area (Å²) >= 11 is 0. The molecule has 0 saturated carbocycles. The molecule has 4 aromatic carbocycles. The first-order valence-corrected chi connectivity index (χ1v) is 23.5. The SMILES string of the molecule is COc1ccc(C(OC[C@H]2O[C@@H](n3ccc(NC(C)=O)nc3=O)[C@@H](OC(C)=O)[C@@H]2O[P@@]2O[C@H](CS(=O)(=O)c3ccccc3)[C@@H]3CCCN32)(c2ccccc2)c2ccc(OC)cc2)cc1. The number of aromatic nitrogens is 2. The third-order valence-corrected chi connectivity index (χ3v) is 15.0. The Kier molecular flexibility index (Phi) is 13.6. The summed E-state index contributed by atoms with van der Waals surface area (Å²) in [5.74, 6) is -0.0694. The number of nitrogens with zero attached hydrogens (tertiary/aromatic N) is 3. The molecule has 3 aliphatic rings. The van der Waals surface area contributed by atoms with Crippen molar-refractivity contribution in [2.75, 3.05) is 38.4 Å². The molecule has 5 aromatic rings. The van der Waals surface area contributed by atoms with Crippen LogP contribution in [-0.4, -0.2) is 98.1 Å². The number of esters is 1. The minimum absolute atomic E-state index is 0.0227. The molecule has 0 unspecified atom stereocenters. The molecule has 8 rings (SSSR count). The Balaban J connectivity index is 1.20. The van der Waals surface area contributed by atoms with Gasteiger partial charge in [-0.2, -0.15) is 4.98 Å². The van der Waals surface area contributed by atoms with Crippen molar-refractivity contribution >= 4 is 36.1 Å². The molecule has 18 heteroatoms. The third-order valence-electron chi connectivity index (χ3n) is 11.5. The van der Waals surface area contributed by atoms with Crippen LogP contribution < -0.4 is 20.5 Å². The van der Waals surface area contributed by atoms with E-state index in [4.69, 9.17) is 32.7 Å². The Morgan fingerprint density at radius 1 is 0.828 bits per heavy atom. The second-order valence-corrected chi connectivity index (χ2v) is 19.0. The number of sulfone groups is 1. The van der Waals surface area contributed by atoms with Crippen molar-refractivity contribution in [3.63, 3.8) is 0 Å². The highest BCUT2D eigenvalue weighted by atomic mass is 32.2. The average Bonchev–Trinajstić information content (AvgIpc) is 4.00. The maximum Gasteiger partial charge on any atom is 0.351 e. The highest BCUT2D eigenvalue weighted by molar-refractivity contribution is 7.91. The van der Waals surface area contributed by atoms with E-state index < -0.39 is 72.2 Å². The number of nitrogens with one attached hydrogen (secondary N) is 1. The van der Waals surface area contributed by atoms with Crippen molar-refractivity contribution in [1.82, 2.24) is 14.2 Å². The zero-order chi connectivity index (χ0) is 45.0. The van der Waals surface area contributed by atoms with E-state index in [0.29, 0.717) is 24.5 Å². The number of amides is 1. The molecular weight excluding hydrogens is 864 g/mol. The smallest absolute Gasteiger partial charge is 0.351 e. The van der Waals surface area contributed by atoms with Crippen molar-refractivity contribution in [3.05, 3.63) is 149 Å². The summed E-state index contributed by atoms with van der Waals surface area (Å²) in [5.41, 5.74) is 0.167. The Morgan fingerprint density at radius 2 is 1.44 bits per heavy atom. The number of carbonyl (C=O) groups excluding carboxylic acids is 2. The van der Waals surface area contributed by atoms with Gasteiger partial charge >= 0.3 is 11.7 Å². The van der Waals surface area contributed by atoms with Crippen molar-refractivity contribution in [2.24, 2.45) is 0 Å². The summed E-state index contributed by atoms with van der Waals surface area (Å²) in [7, 11) is -2.53. The molecule has 3 aliphatic heterocycles. The van der Waals surface area contributed by atoms with Gasteiger partial charge in [0.1, 0.15) is 35.1 Å². The molecule has 3 saturated heterocycles. The lowest BCUT2D eigenvalue weighted by molar-refractivity contribution is -0.155. The van der Waals surface area contributed by atoms with E-state index in [0.717, 1.165) is 23.1 Å². The summed E-state index contributed by atoms with van der Waals surface area (Å²) in [6.45, 7) is 2.92. The standard InChI is InChI=1S/C46H49N4O12PS/c1-30(51)47-41-25-27-49(45(53)48-41)44-43(59-31(2)52)42(62-63-50-26-11-16-38(50)40(61-63)29-64(54,55)37-14-9-6-10-15-37)39(60-44)28-58-46(32-12-7-5-8-13-32,33-17-21-35(56-3)22-18-33)34-19-23-36(57-4)24-20-34/h5-10,12-15,17-25,27,38-40,42-44H,11,16,26,28-29H2,1-4H3,(H,47,48,51,53)/t38-,39+,40+,42+,43-,44+,63+/m0/s1. The largest absolute Gasteiger partial charge is 0.497 e. The lowest BCUT2D eigenvalue weighted by Crippen LogP contribution is -2.42. The van der Waals surface area contributed by atoms with Crippen LogP contribution in [0.25, 0.3) is 0 Å². The Bertz CT molecular complexity index is 2540. The van der Waals surface area contributed by atoms with Crippen molar-refractivity contribution in [3.8, 4) is 11.5 Å². The molecule has 336 valence electrons. The zero-order valence-electron chi connectivity index (χ0n) is 35.6. The highest BCUT2D eigenvalue weighted by Crippen LogP contribution is 2.58. The molecule has 0 radical (unpaired) electrons. The first-order chi connectivity index (χ1) is 30.9. The number of fused-ring (bicyclic) bond motifs is 1. The van der Waals surface area contributed by atoms with Crippen LogP contribution >= 0.6 is 8.53 Å². The summed E-state index contributed by atoms with van der Waals surface area (Å²) in [6.07, 6.45) is -2.58. The molecule has 1 N–H and O–H groups in total. The molecular formula is C46H49N4O12PS. The molecule has 0 aliphatic carbocycles. The van der Waals surface area contributed by atoms with Gasteiger partial charge in [-0.05, 0) is 72.0 Å². The number of hydrogen-bond acceptors (Lipinski definition) is 14. The van der Waals surface area contributed by atoms with E-state index in [1.54, 1.807) is 44.6 Å². The van der Waals surface area contributed by atoms with Crippen LogP contribution in [-0.2, 0) is 48.3 Å². The minimum atomic E-state index is -3.74. The predicted octanol–water partition coefficient (Wildman–Crippen LogP) is 6.01. The highest BCUT2D eigenvalue weighted by Gasteiger charge is 2.55. The lowest BCUT2D eigenvalue weighted by Gasteiger charge is -2.37. The normalized spacial score (nSPS) is 23.3. The van der Waals surface area contributed by atoms with Crippen LogP contribution in [0.15, 0.2) is 131 Å². The van der Waals surface area contributed by atoms with Gasteiger partial charge < -0.3 is 38.0 Å². The number of ether oxygens (including phenoxy) is 5. The molecule has 16 nitrogen and oxygen atoms in total. The van der Waals surface area contributed by atoms with Crippen molar-refractivity contribution in [1.29, 1.82) is 0 Å². The Hall–Kier alpha value is -5.52. The number of hydrogen-bond donors (Lipinski definition) is 1. The van der Waals surface area contributed by atoms with Gasteiger partial charge in [-0.15, -0.1) is 0 Å².